The first-order valence-corrected chi connectivity index (χ1v) is 6.93. The Kier molecular flexibility index (Phi) is 3.30. The van der Waals surface area contributed by atoms with E-state index in [0.29, 0.717) is 5.69 Å². The molecular weight excluding hydrogens is 254 g/mol. The van der Waals surface area contributed by atoms with Crippen LogP contribution in [0.3, 0.4) is 0 Å². The quantitative estimate of drug-likeness (QED) is 0.787. The number of methoxy groups -OCH3 is 1. The van der Waals surface area contributed by atoms with Gasteiger partial charge in [0.05, 0.1) is 7.11 Å². The molecule has 1 aromatic carbocycles. The highest BCUT2D eigenvalue weighted by Crippen LogP contribution is 2.35. The van der Waals surface area contributed by atoms with E-state index in [2.05, 4.69) is 30.3 Å². The van der Waals surface area contributed by atoms with Gasteiger partial charge in [-0.15, -0.1) is 0 Å². The molecule has 0 fully saturated rings. The highest BCUT2D eigenvalue weighted by Gasteiger charge is 2.26. The normalized spacial score (nSPS) is 13.3. The SMILES string of the molecule is CCc1ccc2c(c1)CCCc1c(C(=O)OC)noc1-2. The summed E-state index contributed by atoms with van der Waals surface area (Å²) < 4.78 is 10.2. The summed E-state index contributed by atoms with van der Waals surface area (Å²) in [6, 6.07) is 6.41. The molecule has 1 heterocycles. The van der Waals surface area contributed by atoms with E-state index in [0.717, 1.165) is 42.6 Å². The van der Waals surface area contributed by atoms with Crippen LogP contribution in [0.4, 0.5) is 0 Å². The van der Waals surface area contributed by atoms with Crippen LogP contribution in [-0.4, -0.2) is 18.2 Å². The van der Waals surface area contributed by atoms with Crippen LogP contribution < -0.4 is 0 Å². The topological polar surface area (TPSA) is 52.3 Å². The van der Waals surface area contributed by atoms with Crippen molar-refractivity contribution in [3.63, 3.8) is 0 Å². The van der Waals surface area contributed by atoms with Gasteiger partial charge >= 0.3 is 5.97 Å². The van der Waals surface area contributed by atoms with Gasteiger partial charge in [0.25, 0.3) is 0 Å². The summed E-state index contributed by atoms with van der Waals surface area (Å²) in [6.07, 6.45) is 3.79. The van der Waals surface area contributed by atoms with Crippen LogP contribution in [0.15, 0.2) is 22.7 Å². The van der Waals surface area contributed by atoms with Crippen LogP contribution in [0.25, 0.3) is 11.3 Å². The molecule has 0 unspecified atom stereocenters. The number of benzene rings is 1. The maximum Gasteiger partial charge on any atom is 0.360 e. The number of aromatic nitrogens is 1. The Bertz CT molecular complexity index is 658. The van der Waals surface area contributed by atoms with Crippen LogP contribution in [0, 0.1) is 0 Å². The van der Waals surface area contributed by atoms with Gasteiger partial charge in [-0.2, -0.15) is 0 Å². The molecular formula is C16H17NO3. The van der Waals surface area contributed by atoms with Crippen molar-refractivity contribution >= 4 is 5.97 Å². The zero-order valence-electron chi connectivity index (χ0n) is 11.7. The molecule has 0 atom stereocenters. The van der Waals surface area contributed by atoms with E-state index in [1.807, 2.05) is 0 Å². The second kappa shape index (κ2) is 5.12. The lowest BCUT2D eigenvalue weighted by molar-refractivity contribution is 0.0588. The summed E-state index contributed by atoms with van der Waals surface area (Å²) >= 11 is 0. The number of fused-ring (bicyclic) bond motifs is 3. The van der Waals surface area contributed by atoms with Gasteiger partial charge in [0.1, 0.15) is 0 Å². The van der Waals surface area contributed by atoms with E-state index in [1.165, 1.54) is 18.2 Å². The standard InChI is InChI=1S/C16H17NO3/c1-3-10-7-8-12-11(9-10)5-4-6-13-14(16(18)19-2)17-20-15(12)13/h7-9H,3-6H2,1-2H3. The van der Waals surface area contributed by atoms with Crippen molar-refractivity contribution in [2.45, 2.75) is 32.6 Å². The second-order valence-electron chi connectivity index (χ2n) is 5.03. The zero-order valence-corrected chi connectivity index (χ0v) is 11.7. The van der Waals surface area contributed by atoms with E-state index in [9.17, 15) is 4.79 Å². The lowest BCUT2D eigenvalue weighted by Gasteiger charge is -2.06. The highest BCUT2D eigenvalue weighted by atomic mass is 16.5. The predicted octanol–water partition coefficient (Wildman–Crippen LogP) is 3.18. The molecule has 1 aromatic heterocycles. The van der Waals surface area contributed by atoms with Gasteiger partial charge in [-0.3, -0.25) is 0 Å². The lowest BCUT2D eigenvalue weighted by Crippen LogP contribution is -2.05. The molecule has 4 nitrogen and oxygen atoms in total. The molecule has 3 rings (SSSR count). The Hall–Kier alpha value is -2.10. The Morgan fingerprint density at radius 3 is 3.00 bits per heavy atom. The smallest absolute Gasteiger partial charge is 0.360 e. The highest BCUT2D eigenvalue weighted by molar-refractivity contribution is 5.91. The van der Waals surface area contributed by atoms with E-state index >= 15 is 0 Å². The Morgan fingerprint density at radius 1 is 1.40 bits per heavy atom. The van der Waals surface area contributed by atoms with Gasteiger partial charge in [0.2, 0.25) is 0 Å². The molecule has 0 radical (unpaired) electrons. The molecule has 0 amide bonds. The maximum atomic E-state index is 11.7. The summed E-state index contributed by atoms with van der Waals surface area (Å²) in [4.78, 5) is 11.7. The Morgan fingerprint density at radius 2 is 2.25 bits per heavy atom. The fourth-order valence-corrected chi connectivity index (χ4v) is 2.76. The first-order chi connectivity index (χ1) is 9.74. The van der Waals surface area contributed by atoms with Gasteiger partial charge in [-0.05, 0) is 36.8 Å². The van der Waals surface area contributed by atoms with Crippen molar-refractivity contribution < 1.29 is 14.1 Å². The Balaban J connectivity index is 2.13. The summed E-state index contributed by atoms with van der Waals surface area (Å²) in [7, 11) is 1.36. The number of aryl methyl sites for hydroxylation is 2. The van der Waals surface area contributed by atoms with Gasteiger partial charge < -0.3 is 9.26 Å². The number of nitrogens with zero attached hydrogens (tertiary/aromatic N) is 1. The maximum absolute atomic E-state index is 11.7. The third kappa shape index (κ3) is 2.01. The average Bonchev–Trinajstić information content (AvgIpc) is 2.81. The molecule has 104 valence electrons. The summed E-state index contributed by atoms with van der Waals surface area (Å²) in [5.41, 5.74) is 4.84. The van der Waals surface area contributed by atoms with Crippen LogP contribution in [0.5, 0.6) is 0 Å². The minimum absolute atomic E-state index is 0.315. The molecule has 0 aliphatic heterocycles. The van der Waals surface area contributed by atoms with Crippen LogP contribution >= 0.6 is 0 Å². The van der Waals surface area contributed by atoms with Gasteiger partial charge in [-0.25, -0.2) is 4.79 Å². The predicted molar refractivity (Wildman–Crippen MR) is 74.7 cm³/mol. The van der Waals surface area contributed by atoms with Crippen molar-refractivity contribution in [1.29, 1.82) is 0 Å². The molecule has 0 saturated heterocycles. The monoisotopic (exact) mass is 271 g/mol. The van der Waals surface area contributed by atoms with Crippen LogP contribution in [-0.2, 0) is 24.0 Å². The Labute approximate surface area is 117 Å². The minimum Gasteiger partial charge on any atom is -0.464 e. The van der Waals surface area contributed by atoms with E-state index in [-0.39, 0.29) is 0 Å². The minimum atomic E-state index is -0.427. The molecule has 0 N–H and O–H groups in total. The number of carbonyl (C=O) groups is 1. The van der Waals surface area contributed by atoms with Crippen molar-refractivity contribution in [2.75, 3.05) is 7.11 Å². The number of hydrogen-bond donors (Lipinski definition) is 0. The van der Waals surface area contributed by atoms with E-state index in [1.54, 1.807) is 0 Å². The van der Waals surface area contributed by atoms with Gasteiger partial charge in [0, 0.05) is 11.1 Å². The molecule has 1 aliphatic carbocycles. The largest absolute Gasteiger partial charge is 0.464 e. The van der Waals surface area contributed by atoms with Crippen LogP contribution in [0.1, 0.15) is 40.5 Å². The van der Waals surface area contributed by atoms with Gasteiger partial charge in [-0.1, -0.05) is 30.3 Å². The molecule has 20 heavy (non-hydrogen) atoms. The molecule has 1 aliphatic rings. The molecule has 4 heteroatoms. The molecule has 0 bridgehead atoms. The third-order valence-corrected chi connectivity index (χ3v) is 3.86. The molecule has 0 spiro atoms. The molecule has 2 aromatic rings. The third-order valence-electron chi connectivity index (χ3n) is 3.86. The number of ether oxygens (including phenoxy) is 1. The molecule has 0 saturated carbocycles. The van der Waals surface area contributed by atoms with Crippen molar-refractivity contribution in [3.8, 4) is 11.3 Å². The second-order valence-corrected chi connectivity index (χ2v) is 5.03. The van der Waals surface area contributed by atoms with Crippen molar-refractivity contribution in [3.05, 3.63) is 40.6 Å². The van der Waals surface area contributed by atoms with Crippen LogP contribution in [0.2, 0.25) is 0 Å². The fraction of sp³-hybridized carbons (Fsp3) is 0.375. The van der Waals surface area contributed by atoms with E-state index < -0.39 is 5.97 Å². The fourth-order valence-electron chi connectivity index (χ4n) is 2.76. The van der Waals surface area contributed by atoms with Crippen molar-refractivity contribution in [2.24, 2.45) is 0 Å². The lowest BCUT2D eigenvalue weighted by atomic mass is 9.99. The number of esters is 1. The summed E-state index contributed by atoms with van der Waals surface area (Å²) in [5.74, 6) is 0.296. The number of rotatable bonds is 2. The zero-order chi connectivity index (χ0) is 14.1. The number of carbonyl (C=O) groups excluding carboxylic acids is 1. The van der Waals surface area contributed by atoms with Crippen molar-refractivity contribution in [1.82, 2.24) is 5.16 Å². The van der Waals surface area contributed by atoms with Gasteiger partial charge in [0.15, 0.2) is 11.5 Å². The first-order valence-electron chi connectivity index (χ1n) is 6.93. The average molecular weight is 271 g/mol. The number of hydrogen-bond acceptors (Lipinski definition) is 4. The first kappa shape index (κ1) is 12.9. The summed E-state index contributed by atoms with van der Waals surface area (Å²) in [5, 5.41) is 3.90. The summed E-state index contributed by atoms with van der Waals surface area (Å²) in [6.45, 7) is 2.15. The van der Waals surface area contributed by atoms with E-state index in [4.69, 9.17) is 9.26 Å².